The zero-order valence-electron chi connectivity index (χ0n) is 20.4. The Morgan fingerprint density at radius 3 is 2.38 bits per heavy atom. The number of hydrogen-bond donors (Lipinski definition) is 1. The fourth-order valence-electron chi connectivity index (χ4n) is 3.36. The third kappa shape index (κ3) is 8.82. The minimum absolute atomic E-state index is 0.0312. The van der Waals surface area contributed by atoms with Crippen LogP contribution >= 0.6 is 23.5 Å². The van der Waals surface area contributed by atoms with Gasteiger partial charge in [-0.3, -0.25) is 9.59 Å². The molecule has 0 aliphatic rings. The average molecular weight is 549 g/mol. The molecule has 2 aromatic carbocycles. The quantitative estimate of drug-likeness (QED) is 0.265. The van der Waals surface area contributed by atoms with E-state index in [-0.39, 0.29) is 22.4 Å². The number of carboxylic acid groups (broad SMARTS) is 1. The number of thioether (sulfide) groups is 2. The highest BCUT2D eigenvalue weighted by molar-refractivity contribution is 8.16. The lowest BCUT2D eigenvalue weighted by Gasteiger charge is -2.18. The van der Waals surface area contributed by atoms with Crippen LogP contribution < -0.4 is 0 Å². The van der Waals surface area contributed by atoms with Crippen molar-refractivity contribution in [1.82, 2.24) is 9.88 Å². The van der Waals surface area contributed by atoms with Crippen molar-refractivity contribution in [3.8, 4) is 0 Å². The van der Waals surface area contributed by atoms with Gasteiger partial charge in [0.1, 0.15) is 0 Å². The standard InChI is InChI=1S/C27H27F3N2O3S2/c1-32(2)24(33)12-14-36-26(37-15-13-25(34)35)20-5-3-4-18(16-20)6-10-22-11-8-19-7-9-21(27(28,29)30)17-23(19)31-22/h3-11,16-17,26H,12-15H2,1-2H3,(H,34,35). The highest BCUT2D eigenvalue weighted by Gasteiger charge is 2.30. The second-order valence-electron chi connectivity index (χ2n) is 8.40. The largest absolute Gasteiger partial charge is 0.481 e. The molecule has 5 nitrogen and oxygen atoms in total. The van der Waals surface area contributed by atoms with E-state index in [0.717, 1.165) is 23.3 Å². The Labute approximate surface area is 222 Å². The van der Waals surface area contributed by atoms with Crippen LogP contribution in [-0.4, -0.2) is 52.5 Å². The number of carbonyl (C=O) groups excluding carboxylic acids is 1. The number of halogens is 3. The van der Waals surface area contributed by atoms with Crippen molar-refractivity contribution >= 4 is 58.5 Å². The SMILES string of the molecule is CN(C)C(=O)CCSC(SCCC(=O)O)c1cccc(C=Cc2ccc3ccc(C(F)(F)F)cc3n2)c1. The van der Waals surface area contributed by atoms with Crippen molar-refractivity contribution in [1.29, 1.82) is 0 Å². The molecule has 196 valence electrons. The molecule has 10 heteroatoms. The molecule has 0 bridgehead atoms. The minimum Gasteiger partial charge on any atom is -0.481 e. The molecule has 0 fully saturated rings. The van der Waals surface area contributed by atoms with Gasteiger partial charge in [0.15, 0.2) is 0 Å². The number of carboxylic acids is 1. The van der Waals surface area contributed by atoms with Gasteiger partial charge in [-0.25, -0.2) is 4.98 Å². The first-order valence-corrected chi connectivity index (χ1v) is 13.5. The van der Waals surface area contributed by atoms with Gasteiger partial charge in [-0.1, -0.05) is 36.4 Å². The molecule has 0 aliphatic heterocycles. The molecule has 1 heterocycles. The Balaban J connectivity index is 1.77. The average Bonchev–Trinajstić information content (AvgIpc) is 2.85. The molecule has 1 unspecified atom stereocenters. The Hall–Kier alpha value is -2.98. The Morgan fingerprint density at radius 1 is 1.00 bits per heavy atom. The first-order chi connectivity index (χ1) is 17.5. The number of fused-ring (bicyclic) bond motifs is 1. The van der Waals surface area contributed by atoms with Crippen molar-refractivity contribution in [2.45, 2.75) is 23.6 Å². The van der Waals surface area contributed by atoms with Crippen LogP contribution in [0.4, 0.5) is 13.2 Å². The first-order valence-electron chi connectivity index (χ1n) is 11.4. The van der Waals surface area contributed by atoms with E-state index in [1.54, 1.807) is 49.0 Å². The molecular formula is C27H27F3N2O3S2. The van der Waals surface area contributed by atoms with Gasteiger partial charge in [0.05, 0.1) is 27.8 Å². The predicted octanol–water partition coefficient (Wildman–Crippen LogP) is 6.84. The van der Waals surface area contributed by atoms with E-state index in [1.807, 2.05) is 30.3 Å². The summed E-state index contributed by atoms with van der Waals surface area (Å²) >= 11 is 3.11. The summed E-state index contributed by atoms with van der Waals surface area (Å²) in [6, 6.07) is 14.7. The normalized spacial score (nSPS) is 12.7. The van der Waals surface area contributed by atoms with E-state index >= 15 is 0 Å². The monoisotopic (exact) mass is 548 g/mol. The molecule has 0 saturated heterocycles. The summed E-state index contributed by atoms with van der Waals surface area (Å²) in [6.07, 6.45) is -0.420. The summed E-state index contributed by atoms with van der Waals surface area (Å²) in [4.78, 5) is 28.8. The zero-order chi connectivity index (χ0) is 27.0. The van der Waals surface area contributed by atoms with Crippen molar-refractivity contribution in [2.24, 2.45) is 0 Å². The molecule has 37 heavy (non-hydrogen) atoms. The summed E-state index contributed by atoms with van der Waals surface area (Å²) < 4.78 is 39.1. The number of aliphatic carboxylic acids is 1. The number of benzene rings is 2. The first kappa shape index (κ1) is 28.6. The van der Waals surface area contributed by atoms with Crippen LogP contribution in [0.25, 0.3) is 23.1 Å². The lowest BCUT2D eigenvalue weighted by Crippen LogP contribution is -2.21. The van der Waals surface area contributed by atoms with Crippen LogP contribution in [0.5, 0.6) is 0 Å². The summed E-state index contributed by atoms with van der Waals surface area (Å²) in [5.74, 6) is 0.211. The highest BCUT2D eigenvalue weighted by Crippen LogP contribution is 2.40. The fourth-order valence-corrected chi connectivity index (χ4v) is 6.02. The number of carbonyl (C=O) groups is 2. The maximum Gasteiger partial charge on any atom is 0.416 e. The third-order valence-electron chi connectivity index (χ3n) is 5.34. The Morgan fingerprint density at radius 2 is 1.70 bits per heavy atom. The molecule has 3 rings (SSSR count). The van der Waals surface area contributed by atoms with Crippen LogP contribution in [0.3, 0.4) is 0 Å². The molecule has 1 atom stereocenters. The van der Waals surface area contributed by atoms with Gasteiger partial charge in [-0.05, 0) is 41.5 Å². The second-order valence-corrected chi connectivity index (χ2v) is 11.1. The second kappa shape index (κ2) is 13.0. The van der Waals surface area contributed by atoms with E-state index in [4.69, 9.17) is 5.11 Å². The van der Waals surface area contributed by atoms with Crippen molar-refractivity contribution in [2.75, 3.05) is 25.6 Å². The van der Waals surface area contributed by atoms with Crippen molar-refractivity contribution < 1.29 is 27.9 Å². The van der Waals surface area contributed by atoms with Gasteiger partial charge < -0.3 is 10.0 Å². The Bertz CT molecular complexity index is 1280. The molecule has 1 aromatic heterocycles. The van der Waals surface area contributed by atoms with Gasteiger partial charge in [0, 0.05) is 37.4 Å². The molecule has 0 saturated carbocycles. The van der Waals surface area contributed by atoms with Crippen LogP contribution in [0.2, 0.25) is 0 Å². The number of aromatic nitrogens is 1. The number of amides is 1. The van der Waals surface area contributed by atoms with Crippen LogP contribution in [-0.2, 0) is 15.8 Å². The van der Waals surface area contributed by atoms with Gasteiger partial charge >= 0.3 is 12.1 Å². The lowest BCUT2D eigenvalue weighted by atomic mass is 10.1. The lowest BCUT2D eigenvalue weighted by molar-refractivity contribution is -0.138. The number of nitrogens with zero attached hydrogens (tertiary/aromatic N) is 2. The zero-order valence-corrected chi connectivity index (χ0v) is 22.0. The van der Waals surface area contributed by atoms with Gasteiger partial charge in [0.2, 0.25) is 5.91 Å². The van der Waals surface area contributed by atoms with Crippen molar-refractivity contribution in [3.05, 3.63) is 77.0 Å². The molecule has 1 N–H and O–H groups in total. The predicted molar refractivity (Wildman–Crippen MR) is 145 cm³/mol. The van der Waals surface area contributed by atoms with E-state index in [1.165, 1.54) is 17.8 Å². The smallest absolute Gasteiger partial charge is 0.416 e. The maximum atomic E-state index is 13.1. The topological polar surface area (TPSA) is 70.5 Å². The van der Waals surface area contributed by atoms with E-state index < -0.39 is 17.7 Å². The van der Waals surface area contributed by atoms with E-state index in [9.17, 15) is 22.8 Å². The number of hydrogen-bond acceptors (Lipinski definition) is 5. The third-order valence-corrected chi connectivity index (χ3v) is 8.19. The van der Waals surface area contributed by atoms with Crippen molar-refractivity contribution in [3.63, 3.8) is 0 Å². The summed E-state index contributed by atoms with van der Waals surface area (Å²) in [6.45, 7) is 0. The number of pyridine rings is 1. The Kier molecular flexibility index (Phi) is 10.0. The number of alkyl halides is 3. The maximum absolute atomic E-state index is 13.1. The fraction of sp³-hybridized carbons (Fsp3) is 0.296. The van der Waals surface area contributed by atoms with Crippen LogP contribution in [0, 0.1) is 0 Å². The molecule has 0 aliphatic carbocycles. The minimum atomic E-state index is -4.43. The molecule has 0 radical (unpaired) electrons. The number of rotatable bonds is 11. The molecule has 1 amide bonds. The van der Waals surface area contributed by atoms with Gasteiger partial charge in [0.25, 0.3) is 0 Å². The molecule has 0 spiro atoms. The van der Waals surface area contributed by atoms with Gasteiger partial charge in [-0.15, -0.1) is 23.5 Å². The van der Waals surface area contributed by atoms with E-state index in [2.05, 4.69) is 4.98 Å². The molecule has 3 aromatic rings. The van der Waals surface area contributed by atoms with Gasteiger partial charge in [-0.2, -0.15) is 13.2 Å². The summed E-state index contributed by atoms with van der Waals surface area (Å²) in [5.41, 5.74) is 1.92. The van der Waals surface area contributed by atoms with Crippen LogP contribution in [0.1, 0.15) is 39.8 Å². The highest BCUT2D eigenvalue weighted by atomic mass is 32.2. The molecular weight excluding hydrogens is 521 g/mol. The summed E-state index contributed by atoms with van der Waals surface area (Å²) in [5, 5.41) is 9.63. The summed E-state index contributed by atoms with van der Waals surface area (Å²) in [7, 11) is 3.42. The van der Waals surface area contributed by atoms with Crippen LogP contribution in [0.15, 0.2) is 54.6 Å². The van der Waals surface area contributed by atoms with E-state index in [0.29, 0.717) is 29.0 Å².